The summed E-state index contributed by atoms with van der Waals surface area (Å²) in [5.41, 5.74) is 1.57. The molecule has 2 rings (SSSR count). The Kier molecular flexibility index (Phi) is 5.67. The molecule has 0 bridgehead atoms. The number of anilines is 1. The maximum atomic E-state index is 11.8. The number of aryl methyl sites for hydroxylation is 1. The zero-order chi connectivity index (χ0) is 16.8. The molecule has 0 aliphatic carbocycles. The first-order chi connectivity index (χ1) is 11.0. The van der Waals surface area contributed by atoms with E-state index in [9.17, 15) is 9.59 Å². The average Bonchev–Trinajstić information content (AvgIpc) is 2.93. The second-order valence-electron chi connectivity index (χ2n) is 4.96. The smallest absolute Gasteiger partial charge is 0.325 e. The number of rotatable bonds is 7. The zero-order valence-electron chi connectivity index (χ0n) is 13.6. The van der Waals surface area contributed by atoms with Gasteiger partial charge in [0.1, 0.15) is 13.1 Å². The van der Waals surface area contributed by atoms with E-state index in [2.05, 4.69) is 0 Å². The molecule has 0 N–H and O–H groups in total. The van der Waals surface area contributed by atoms with Crippen LogP contribution in [0.2, 0.25) is 0 Å². The van der Waals surface area contributed by atoms with E-state index in [0.29, 0.717) is 17.2 Å². The van der Waals surface area contributed by atoms with E-state index in [0.717, 1.165) is 5.56 Å². The van der Waals surface area contributed by atoms with E-state index in [1.165, 1.54) is 0 Å². The van der Waals surface area contributed by atoms with Crippen molar-refractivity contribution < 1.29 is 28.5 Å². The van der Waals surface area contributed by atoms with E-state index in [-0.39, 0.29) is 33.1 Å². The summed E-state index contributed by atoms with van der Waals surface area (Å²) in [5, 5.41) is 0. The predicted octanol–water partition coefficient (Wildman–Crippen LogP) is 1.66. The van der Waals surface area contributed by atoms with Gasteiger partial charge in [0.05, 0.1) is 13.2 Å². The number of ether oxygens (including phenoxy) is 4. The molecule has 0 aromatic heterocycles. The van der Waals surface area contributed by atoms with Crippen molar-refractivity contribution in [2.75, 3.05) is 38.0 Å². The number of carbonyl (C=O) groups excluding carboxylic acids is 2. The Morgan fingerprint density at radius 1 is 1.04 bits per heavy atom. The quantitative estimate of drug-likeness (QED) is 0.706. The van der Waals surface area contributed by atoms with Gasteiger partial charge in [0, 0.05) is 11.8 Å². The van der Waals surface area contributed by atoms with Crippen molar-refractivity contribution in [3.8, 4) is 11.5 Å². The van der Waals surface area contributed by atoms with Gasteiger partial charge in [-0.25, -0.2) is 0 Å². The summed E-state index contributed by atoms with van der Waals surface area (Å²) >= 11 is 0. The topological polar surface area (TPSA) is 74.3 Å². The molecule has 0 unspecified atom stereocenters. The maximum absolute atomic E-state index is 11.8. The number of hydrogen-bond acceptors (Lipinski definition) is 7. The molecule has 7 heteroatoms. The van der Waals surface area contributed by atoms with Crippen molar-refractivity contribution in [1.82, 2.24) is 0 Å². The fourth-order valence-corrected chi connectivity index (χ4v) is 2.32. The second-order valence-corrected chi connectivity index (χ2v) is 4.96. The third kappa shape index (κ3) is 4.28. The van der Waals surface area contributed by atoms with Crippen molar-refractivity contribution in [2.45, 2.75) is 20.8 Å². The number of esters is 2. The lowest BCUT2D eigenvalue weighted by Crippen LogP contribution is -2.36. The molecule has 126 valence electrons. The summed E-state index contributed by atoms with van der Waals surface area (Å²) in [6, 6.07) is 3.58. The second kappa shape index (κ2) is 7.71. The Morgan fingerprint density at radius 2 is 1.57 bits per heavy atom. The minimum absolute atomic E-state index is 0.0485. The highest BCUT2D eigenvalue weighted by molar-refractivity contribution is 5.82. The Bertz CT molecular complexity index is 566. The molecule has 0 radical (unpaired) electrons. The van der Waals surface area contributed by atoms with Gasteiger partial charge >= 0.3 is 11.9 Å². The molecule has 1 aromatic carbocycles. The van der Waals surface area contributed by atoms with Crippen LogP contribution < -0.4 is 14.4 Å². The van der Waals surface area contributed by atoms with E-state index in [4.69, 9.17) is 18.9 Å². The molecular formula is C16H21NO6. The van der Waals surface area contributed by atoms with Crippen molar-refractivity contribution in [3.63, 3.8) is 0 Å². The first kappa shape index (κ1) is 16.9. The maximum Gasteiger partial charge on any atom is 0.325 e. The largest absolute Gasteiger partial charge is 0.465 e. The summed E-state index contributed by atoms with van der Waals surface area (Å²) < 4.78 is 20.7. The SMILES string of the molecule is CCOC(=O)CN(CC(=O)OCC)c1cc2c(cc1C)OCO2. The third-order valence-electron chi connectivity index (χ3n) is 3.28. The van der Waals surface area contributed by atoms with Crippen molar-refractivity contribution in [1.29, 1.82) is 0 Å². The highest BCUT2D eigenvalue weighted by Gasteiger charge is 2.22. The normalized spacial score (nSPS) is 12.0. The van der Waals surface area contributed by atoms with Crippen LogP contribution in [0.1, 0.15) is 19.4 Å². The van der Waals surface area contributed by atoms with Crippen molar-refractivity contribution in [3.05, 3.63) is 17.7 Å². The fraction of sp³-hybridized carbons (Fsp3) is 0.500. The number of nitrogens with zero attached hydrogens (tertiary/aromatic N) is 1. The average molecular weight is 323 g/mol. The fourth-order valence-electron chi connectivity index (χ4n) is 2.32. The molecule has 0 spiro atoms. The molecule has 23 heavy (non-hydrogen) atoms. The van der Waals surface area contributed by atoms with Crippen LogP contribution in [0.25, 0.3) is 0 Å². The van der Waals surface area contributed by atoms with Gasteiger partial charge in [-0.2, -0.15) is 0 Å². The van der Waals surface area contributed by atoms with Crippen molar-refractivity contribution >= 4 is 17.6 Å². The van der Waals surface area contributed by atoms with E-state index in [1.807, 2.05) is 13.0 Å². The molecular weight excluding hydrogens is 302 g/mol. The summed E-state index contributed by atoms with van der Waals surface area (Å²) in [7, 11) is 0. The number of carbonyl (C=O) groups is 2. The Hall–Kier alpha value is -2.44. The van der Waals surface area contributed by atoms with Gasteiger partial charge in [-0.15, -0.1) is 0 Å². The highest BCUT2D eigenvalue weighted by Crippen LogP contribution is 2.38. The molecule has 7 nitrogen and oxygen atoms in total. The van der Waals surface area contributed by atoms with Gasteiger partial charge in [0.15, 0.2) is 11.5 Å². The first-order valence-corrected chi connectivity index (χ1v) is 7.51. The Morgan fingerprint density at radius 3 is 2.09 bits per heavy atom. The van der Waals surface area contributed by atoms with Crippen LogP contribution in [0, 0.1) is 6.92 Å². The zero-order valence-corrected chi connectivity index (χ0v) is 13.6. The monoisotopic (exact) mass is 323 g/mol. The lowest BCUT2D eigenvalue weighted by Gasteiger charge is -2.24. The molecule has 0 atom stereocenters. The van der Waals surface area contributed by atoms with Crippen LogP contribution in [-0.4, -0.2) is 45.0 Å². The van der Waals surface area contributed by atoms with Gasteiger partial charge in [-0.05, 0) is 32.4 Å². The number of fused-ring (bicyclic) bond motifs is 1. The molecule has 0 saturated carbocycles. The lowest BCUT2D eigenvalue weighted by atomic mass is 10.1. The summed E-state index contributed by atoms with van der Waals surface area (Å²) in [6.07, 6.45) is 0. The van der Waals surface area contributed by atoms with Crippen LogP contribution in [0.4, 0.5) is 5.69 Å². The van der Waals surface area contributed by atoms with E-state index in [1.54, 1.807) is 24.8 Å². The Labute approximate surface area is 135 Å². The summed E-state index contributed by atoms with van der Waals surface area (Å²) in [4.78, 5) is 25.3. The standard InChI is InChI=1S/C16H21NO6/c1-4-20-15(18)8-17(9-16(19)21-5-2)12-7-14-13(6-11(12)3)22-10-23-14/h6-7H,4-5,8-10H2,1-3H3. The van der Waals surface area contributed by atoms with Gasteiger partial charge in [0.2, 0.25) is 6.79 Å². The first-order valence-electron chi connectivity index (χ1n) is 7.51. The molecule has 1 heterocycles. The van der Waals surface area contributed by atoms with Gasteiger partial charge in [-0.3, -0.25) is 9.59 Å². The molecule has 1 aromatic rings. The number of hydrogen-bond donors (Lipinski definition) is 0. The van der Waals surface area contributed by atoms with Crippen molar-refractivity contribution in [2.24, 2.45) is 0 Å². The molecule has 1 aliphatic rings. The van der Waals surface area contributed by atoms with Crippen LogP contribution in [0.3, 0.4) is 0 Å². The van der Waals surface area contributed by atoms with Gasteiger partial charge < -0.3 is 23.8 Å². The summed E-state index contributed by atoms with van der Waals surface area (Å²) in [6.45, 7) is 5.98. The minimum Gasteiger partial charge on any atom is -0.465 e. The minimum atomic E-state index is -0.408. The Balaban J connectivity index is 2.25. The molecule has 0 amide bonds. The highest BCUT2D eigenvalue weighted by atomic mass is 16.7. The predicted molar refractivity (Wildman–Crippen MR) is 82.8 cm³/mol. The molecule has 0 saturated heterocycles. The van der Waals surface area contributed by atoms with Crippen LogP contribution in [0.5, 0.6) is 11.5 Å². The van der Waals surface area contributed by atoms with Gasteiger partial charge in [0.25, 0.3) is 0 Å². The van der Waals surface area contributed by atoms with E-state index >= 15 is 0 Å². The molecule has 0 fully saturated rings. The van der Waals surface area contributed by atoms with Crippen LogP contribution in [0.15, 0.2) is 12.1 Å². The lowest BCUT2D eigenvalue weighted by molar-refractivity contribution is -0.142. The summed E-state index contributed by atoms with van der Waals surface area (Å²) in [5.74, 6) is 0.421. The van der Waals surface area contributed by atoms with Crippen LogP contribution >= 0.6 is 0 Å². The number of benzene rings is 1. The molecule has 1 aliphatic heterocycles. The van der Waals surface area contributed by atoms with Gasteiger partial charge in [-0.1, -0.05) is 0 Å². The third-order valence-corrected chi connectivity index (χ3v) is 3.28. The van der Waals surface area contributed by atoms with Crippen LogP contribution in [-0.2, 0) is 19.1 Å². The van der Waals surface area contributed by atoms with E-state index < -0.39 is 11.9 Å².